The van der Waals surface area contributed by atoms with Gasteiger partial charge in [0.05, 0.1) is 4.83 Å². The summed E-state index contributed by atoms with van der Waals surface area (Å²) in [5.74, 6) is -0.830. The van der Waals surface area contributed by atoms with Crippen molar-refractivity contribution in [2.45, 2.75) is 17.6 Å². The first-order valence-corrected chi connectivity index (χ1v) is 6.65. The van der Waals surface area contributed by atoms with Crippen molar-refractivity contribution in [2.24, 2.45) is 0 Å². The number of aliphatic carboxylic acids is 1. The highest BCUT2D eigenvalue weighted by Gasteiger charge is 2.19. The van der Waals surface area contributed by atoms with E-state index in [1.165, 1.54) is 13.0 Å². The number of hydrogen-bond acceptors (Lipinski definition) is 2. The maximum atomic E-state index is 11.5. The molecule has 1 N–H and O–H groups in total. The van der Waals surface area contributed by atoms with Crippen molar-refractivity contribution >= 4 is 45.4 Å². The van der Waals surface area contributed by atoms with Gasteiger partial charge in [-0.3, -0.25) is 4.79 Å². The Morgan fingerprint density at radius 2 is 2.17 bits per heavy atom. The van der Waals surface area contributed by atoms with Gasteiger partial charge in [-0.15, -0.1) is 11.6 Å². The number of carbonyl (C=O) groups excluding carboxylic acids is 1. The summed E-state index contributed by atoms with van der Waals surface area (Å²) in [6.07, 6.45) is 2.50. The van der Waals surface area contributed by atoms with Crippen LogP contribution >= 0.6 is 27.5 Å². The van der Waals surface area contributed by atoms with Crippen LogP contribution in [0.3, 0.4) is 0 Å². The third-order valence-electron chi connectivity index (χ3n) is 2.39. The summed E-state index contributed by atoms with van der Waals surface area (Å²) in [6.45, 7) is 1.47. The summed E-state index contributed by atoms with van der Waals surface area (Å²) in [5.41, 5.74) is 2.20. The van der Waals surface area contributed by atoms with Gasteiger partial charge in [0, 0.05) is 12.0 Å². The number of rotatable bonds is 5. The molecule has 0 saturated carbocycles. The van der Waals surface area contributed by atoms with E-state index in [4.69, 9.17) is 16.7 Å². The number of Topliss-reactive ketones (excluding diaryl/α,β-unsaturated/α-hetero) is 1. The van der Waals surface area contributed by atoms with Gasteiger partial charge in [0.1, 0.15) is 5.78 Å². The molecule has 1 aromatic rings. The van der Waals surface area contributed by atoms with Gasteiger partial charge in [0.25, 0.3) is 0 Å². The fourth-order valence-corrected chi connectivity index (χ4v) is 2.36. The van der Waals surface area contributed by atoms with Gasteiger partial charge in [-0.2, -0.15) is 0 Å². The Labute approximate surface area is 119 Å². The van der Waals surface area contributed by atoms with E-state index in [0.29, 0.717) is 5.56 Å². The largest absolute Gasteiger partial charge is 0.478 e. The number of benzene rings is 1. The Balaban J connectivity index is 3.33. The monoisotopic (exact) mass is 330 g/mol. The Hall–Kier alpha value is -1.13. The van der Waals surface area contributed by atoms with Crippen LogP contribution in [0.15, 0.2) is 24.3 Å². The molecular formula is C13H12BrClO3. The maximum absolute atomic E-state index is 11.5. The minimum atomic E-state index is -1.04. The van der Waals surface area contributed by atoms with Crippen molar-refractivity contribution in [3.63, 3.8) is 0 Å². The zero-order valence-corrected chi connectivity index (χ0v) is 12.0. The molecule has 1 rings (SSSR count). The molecule has 0 radical (unpaired) electrons. The summed E-state index contributed by atoms with van der Waals surface area (Å²) < 4.78 is 0. The highest BCUT2D eigenvalue weighted by molar-refractivity contribution is 9.09. The molecule has 0 spiro atoms. The molecule has 0 aliphatic heterocycles. The average molecular weight is 332 g/mol. The lowest BCUT2D eigenvalue weighted by Gasteiger charge is -2.14. The molecule has 1 unspecified atom stereocenters. The maximum Gasteiger partial charge on any atom is 0.328 e. The van der Waals surface area contributed by atoms with Crippen LogP contribution in [0.4, 0.5) is 0 Å². The minimum absolute atomic E-state index is 0.0578. The Morgan fingerprint density at radius 3 is 2.67 bits per heavy atom. The van der Waals surface area contributed by atoms with Gasteiger partial charge in [0.2, 0.25) is 0 Å². The normalized spacial score (nSPS) is 12.6. The lowest BCUT2D eigenvalue weighted by atomic mass is 9.97. The van der Waals surface area contributed by atoms with Crippen LogP contribution < -0.4 is 0 Å². The molecule has 96 valence electrons. The van der Waals surface area contributed by atoms with Gasteiger partial charge in [-0.1, -0.05) is 34.1 Å². The standard InChI is InChI=1S/C13H12BrClO3/c1-8(16)13(14)12-9(5-6-11(17)18)3-2-4-10(12)7-15/h2-6,13H,7H2,1H3,(H,17,18). The number of hydrogen-bond donors (Lipinski definition) is 1. The number of carboxylic acids is 1. The predicted octanol–water partition coefficient (Wildman–Crippen LogP) is 3.55. The number of alkyl halides is 2. The molecule has 1 atom stereocenters. The molecule has 0 bridgehead atoms. The van der Waals surface area contributed by atoms with E-state index in [9.17, 15) is 9.59 Å². The van der Waals surface area contributed by atoms with Crippen LogP contribution in [-0.2, 0) is 15.5 Å². The molecular weight excluding hydrogens is 319 g/mol. The van der Waals surface area contributed by atoms with Crippen LogP contribution in [0, 0.1) is 0 Å². The molecule has 0 aliphatic rings. The summed E-state index contributed by atoms with van der Waals surface area (Å²) >= 11 is 9.15. The SMILES string of the molecule is CC(=O)C(Br)c1c(C=CC(=O)O)cccc1CCl. The summed E-state index contributed by atoms with van der Waals surface area (Å²) in [4.78, 5) is 21.5. The Morgan fingerprint density at radius 1 is 1.50 bits per heavy atom. The number of halogens is 2. The lowest BCUT2D eigenvalue weighted by Crippen LogP contribution is -2.06. The van der Waals surface area contributed by atoms with Gasteiger partial charge < -0.3 is 5.11 Å². The van der Waals surface area contributed by atoms with E-state index in [0.717, 1.165) is 17.2 Å². The second-order valence-corrected chi connectivity index (χ2v) is 4.88. The fourth-order valence-electron chi connectivity index (χ4n) is 1.57. The van der Waals surface area contributed by atoms with E-state index in [1.54, 1.807) is 12.1 Å². The van der Waals surface area contributed by atoms with Crippen LogP contribution in [0.5, 0.6) is 0 Å². The van der Waals surface area contributed by atoms with Crippen molar-refractivity contribution in [1.82, 2.24) is 0 Å². The molecule has 0 heterocycles. The Bertz CT molecular complexity index is 497. The van der Waals surface area contributed by atoms with Crippen LogP contribution in [0.2, 0.25) is 0 Å². The molecule has 0 amide bonds. The summed E-state index contributed by atoms with van der Waals surface area (Å²) in [5, 5.41) is 8.65. The summed E-state index contributed by atoms with van der Waals surface area (Å²) in [6, 6.07) is 5.35. The highest BCUT2D eigenvalue weighted by atomic mass is 79.9. The predicted molar refractivity (Wildman–Crippen MR) is 75.0 cm³/mol. The van der Waals surface area contributed by atoms with Crippen LogP contribution in [0.1, 0.15) is 28.4 Å². The second kappa shape index (κ2) is 6.71. The summed E-state index contributed by atoms with van der Waals surface area (Å²) in [7, 11) is 0. The van der Waals surface area contributed by atoms with Crippen LogP contribution in [-0.4, -0.2) is 16.9 Å². The zero-order chi connectivity index (χ0) is 13.7. The fraction of sp³-hybridized carbons (Fsp3) is 0.231. The third-order valence-corrected chi connectivity index (χ3v) is 3.78. The minimum Gasteiger partial charge on any atom is -0.478 e. The number of ketones is 1. The van der Waals surface area contributed by atoms with E-state index in [1.807, 2.05) is 6.07 Å². The smallest absolute Gasteiger partial charge is 0.328 e. The van der Waals surface area contributed by atoms with Crippen molar-refractivity contribution in [3.8, 4) is 0 Å². The number of carboxylic acid groups (broad SMARTS) is 1. The van der Waals surface area contributed by atoms with Gasteiger partial charge >= 0.3 is 5.97 Å². The van der Waals surface area contributed by atoms with E-state index >= 15 is 0 Å². The Kier molecular flexibility index (Phi) is 5.56. The molecule has 3 nitrogen and oxygen atoms in total. The molecule has 0 fully saturated rings. The second-order valence-electron chi connectivity index (χ2n) is 3.70. The first kappa shape index (κ1) is 14.9. The first-order valence-electron chi connectivity index (χ1n) is 5.20. The van der Waals surface area contributed by atoms with Crippen molar-refractivity contribution < 1.29 is 14.7 Å². The average Bonchev–Trinajstić information content (AvgIpc) is 2.34. The van der Waals surface area contributed by atoms with Gasteiger partial charge in [-0.05, 0) is 29.7 Å². The van der Waals surface area contributed by atoms with Crippen molar-refractivity contribution in [1.29, 1.82) is 0 Å². The first-order chi connectivity index (χ1) is 8.47. The van der Waals surface area contributed by atoms with Gasteiger partial charge in [0.15, 0.2) is 0 Å². The van der Waals surface area contributed by atoms with E-state index in [2.05, 4.69) is 15.9 Å². The van der Waals surface area contributed by atoms with E-state index < -0.39 is 10.8 Å². The topological polar surface area (TPSA) is 54.4 Å². The molecule has 18 heavy (non-hydrogen) atoms. The number of carbonyl (C=O) groups is 2. The molecule has 0 saturated heterocycles. The van der Waals surface area contributed by atoms with Crippen LogP contribution in [0.25, 0.3) is 6.08 Å². The van der Waals surface area contributed by atoms with Gasteiger partial charge in [-0.25, -0.2) is 4.79 Å². The quantitative estimate of drug-likeness (QED) is 0.663. The molecule has 0 aliphatic carbocycles. The van der Waals surface area contributed by atoms with E-state index in [-0.39, 0.29) is 11.7 Å². The molecule has 0 aromatic heterocycles. The zero-order valence-electron chi connectivity index (χ0n) is 9.69. The van der Waals surface area contributed by atoms with Crippen molar-refractivity contribution in [2.75, 3.05) is 0 Å². The van der Waals surface area contributed by atoms with Crippen molar-refractivity contribution in [3.05, 3.63) is 41.0 Å². The molecule has 5 heteroatoms. The molecule has 1 aromatic carbocycles. The third kappa shape index (κ3) is 3.68. The highest BCUT2D eigenvalue weighted by Crippen LogP contribution is 2.31. The lowest BCUT2D eigenvalue weighted by molar-refractivity contribution is -0.131.